The van der Waals surface area contributed by atoms with Crippen LogP contribution in [0.5, 0.6) is 0 Å². The number of aliphatic hydroxyl groups is 2. The van der Waals surface area contributed by atoms with E-state index in [1.165, 1.54) is 25.7 Å². The Kier molecular flexibility index (Phi) is 24.0. The van der Waals surface area contributed by atoms with Crippen molar-refractivity contribution in [2.45, 2.75) is 115 Å². The van der Waals surface area contributed by atoms with Crippen molar-refractivity contribution in [2.24, 2.45) is 0 Å². The Hall–Kier alpha value is -5.24. The lowest BCUT2D eigenvalue weighted by molar-refractivity contribution is -0.130. The van der Waals surface area contributed by atoms with E-state index in [1.807, 2.05) is 60.7 Å². The van der Waals surface area contributed by atoms with Crippen LogP contribution in [-0.2, 0) is 36.7 Å². The molecule has 4 N–H and O–H groups in total. The monoisotopic (exact) mass is 851 g/mol. The molecule has 0 aliphatic carbocycles. The van der Waals surface area contributed by atoms with E-state index in [1.54, 1.807) is 42.1 Å². The van der Waals surface area contributed by atoms with Gasteiger partial charge in [0.05, 0.1) is 23.2 Å². The van der Waals surface area contributed by atoms with Gasteiger partial charge in [0, 0.05) is 81.8 Å². The van der Waals surface area contributed by atoms with E-state index in [-0.39, 0.29) is 42.5 Å². The zero-order valence-corrected chi connectivity index (χ0v) is 36.8. The minimum absolute atomic E-state index is 0.00377. The molecule has 12 heteroatoms. The van der Waals surface area contributed by atoms with Crippen molar-refractivity contribution in [3.63, 3.8) is 0 Å². The molecule has 1 amide bonds. The fourth-order valence-corrected chi connectivity index (χ4v) is 7.39. The van der Waals surface area contributed by atoms with Crippen LogP contribution in [0.4, 0.5) is 0 Å². The van der Waals surface area contributed by atoms with E-state index in [9.17, 15) is 19.2 Å². The third-order valence-corrected chi connectivity index (χ3v) is 10.6. The van der Waals surface area contributed by atoms with Crippen LogP contribution < -0.4 is 5.48 Å². The van der Waals surface area contributed by atoms with Gasteiger partial charge in [0.25, 0.3) is 0 Å². The molecule has 0 saturated carbocycles. The molecule has 2 fully saturated rings. The molecule has 0 radical (unpaired) electrons. The second-order valence-electron chi connectivity index (χ2n) is 15.2. The maximum atomic E-state index is 14.0. The number of unbranched alkanes of at least 4 members (excludes halogenated alkanes) is 4. The number of nitrogens with one attached hydrogen (secondary N) is 1. The molecule has 2 saturated heterocycles. The van der Waals surface area contributed by atoms with Crippen LogP contribution in [-0.4, -0.2) is 88.3 Å². The first-order valence-electron chi connectivity index (χ1n) is 21.6. The van der Waals surface area contributed by atoms with Crippen molar-refractivity contribution in [2.75, 3.05) is 27.4 Å². The fourth-order valence-electron chi connectivity index (χ4n) is 7.39. The maximum absolute atomic E-state index is 14.0. The van der Waals surface area contributed by atoms with Crippen molar-refractivity contribution in [1.29, 1.82) is 0 Å². The summed E-state index contributed by atoms with van der Waals surface area (Å²) < 4.78 is 10.3. The molecule has 12 nitrogen and oxygen atoms in total. The largest absolute Gasteiger partial charge is 0.400 e. The van der Waals surface area contributed by atoms with Crippen molar-refractivity contribution >= 4 is 45.1 Å². The number of hydrogen-bond donors (Lipinski definition) is 4. The van der Waals surface area contributed by atoms with Crippen LogP contribution >= 0.6 is 0 Å². The Bertz CT molecular complexity index is 1980. The smallest absolute Gasteiger partial charge is 0.243 e. The Balaban J connectivity index is 0.000000540. The van der Waals surface area contributed by atoms with Crippen molar-refractivity contribution in [3.8, 4) is 0 Å². The first kappa shape index (κ1) is 51.1. The summed E-state index contributed by atoms with van der Waals surface area (Å²) in [7, 11) is 2.00. The van der Waals surface area contributed by atoms with Crippen LogP contribution in [0.15, 0.2) is 97.3 Å². The van der Waals surface area contributed by atoms with Crippen molar-refractivity contribution < 1.29 is 44.1 Å². The zero-order valence-electron chi connectivity index (χ0n) is 36.8. The minimum atomic E-state index is -1.02. The van der Waals surface area contributed by atoms with Crippen LogP contribution in [0.2, 0.25) is 0 Å². The highest BCUT2D eigenvalue weighted by Gasteiger charge is 2.29. The summed E-state index contributed by atoms with van der Waals surface area (Å²) in [4.78, 5) is 61.0. The average Bonchev–Trinajstić information content (AvgIpc) is 4.01. The predicted molar refractivity (Wildman–Crippen MR) is 242 cm³/mol. The number of amides is 1. The molecule has 0 spiro atoms. The number of ether oxygens (including phenoxy) is 2. The first-order valence-corrected chi connectivity index (χ1v) is 21.6. The number of carbonyl (C=O) groups excluding carboxylic acids is 4. The number of pyridine rings is 2. The lowest BCUT2D eigenvalue weighted by Crippen LogP contribution is -2.25. The second kappa shape index (κ2) is 29.1. The third kappa shape index (κ3) is 16.9. The van der Waals surface area contributed by atoms with Crippen molar-refractivity contribution in [1.82, 2.24) is 15.4 Å². The van der Waals surface area contributed by atoms with Crippen LogP contribution in [0.25, 0.3) is 21.8 Å². The topological polar surface area (TPSA) is 185 Å². The SMILES string of the molecule is CC1CCCO1.CC1CCCO1.CO.CO.O=C(CCCCCCCC(=O)c1ccc(C(C(=O)Cc2cccc3cccnc23)C(=O)Cc2cccc3cccnc23)cc1)NO. The Labute approximate surface area is 366 Å². The van der Waals surface area contributed by atoms with Gasteiger partial charge in [-0.2, -0.15) is 0 Å². The Morgan fingerprint density at radius 3 is 1.50 bits per heavy atom. The quantitative estimate of drug-likeness (QED) is 0.0245. The van der Waals surface area contributed by atoms with Gasteiger partial charge in [0.2, 0.25) is 5.91 Å². The van der Waals surface area contributed by atoms with Gasteiger partial charge in [-0.05, 0) is 81.2 Å². The summed E-state index contributed by atoms with van der Waals surface area (Å²) in [5.74, 6) is -1.86. The highest BCUT2D eigenvalue weighted by atomic mass is 16.5. The number of hydroxylamine groups is 1. The van der Waals surface area contributed by atoms with E-state index >= 15 is 0 Å². The Morgan fingerprint density at radius 1 is 0.629 bits per heavy atom. The second-order valence-corrected chi connectivity index (χ2v) is 15.2. The highest BCUT2D eigenvalue weighted by molar-refractivity contribution is 6.10. The number of hydrogen-bond acceptors (Lipinski definition) is 11. The van der Waals surface area contributed by atoms with Crippen molar-refractivity contribution in [3.05, 3.63) is 120 Å². The van der Waals surface area contributed by atoms with Gasteiger partial charge in [0.1, 0.15) is 5.92 Å². The average molecular weight is 852 g/mol. The number of para-hydroxylation sites is 2. The van der Waals surface area contributed by atoms with Gasteiger partial charge in [-0.1, -0.05) is 92.1 Å². The van der Waals surface area contributed by atoms with E-state index in [4.69, 9.17) is 24.9 Å². The summed E-state index contributed by atoms with van der Waals surface area (Å²) in [5, 5.41) is 24.4. The molecule has 7 rings (SSSR count). The standard InChI is InChI=1S/C38H37N3O5.2C5H10O.2CH4O/c42-32(16-4-2-1-3-5-17-35(45)41-46)26-18-20-27(21-19-26)36(33(43)24-30-12-6-10-28-14-8-22-39-37(28)30)34(44)25-31-13-7-11-29-15-9-23-40-38(29)31;2*1-5-3-2-4-6-5;2*1-2/h6-15,18-23,36,46H,1-5,16-17,24-25H2,(H,41,45);2*5H,2-4H2,1H3;2*2H,1H3. The van der Waals surface area contributed by atoms with Gasteiger partial charge in [0.15, 0.2) is 17.3 Å². The zero-order chi connectivity index (χ0) is 45.1. The molecule has 2 atom stereocenters. The van der Waals surface area contributed by atoms with E-state index in [0.29, 0.717) is 36.2 Å². The minimum Gasteiger partial charge on any atom is -0.400 e. The van der Waals surface area contributed by atoms with E-state index < -0.39 is 5.92 Å². The number of aliphatic hydroxyl groups excluding tert-OH is 2. The molecule has 2 aliphatic heterocycles. The van der Waals surface area contributed by atoms with Gasteiger partial charge < -0.3 is 19.7 Å². The molecule has 3 aromatic carbocycles. The molecule has 334 valence electrons. The lowest BCUT2D eigenvalue weighted by atomic mass is 9.84. The van der Waals surface area contributed by atoms with Gasteiger partial charge in [-0.3, -0.25) is 34.4 Å². The number of benzene rings is 3. The summed E-state index contributed by atoms with van der Waals surface area (Å²) >= 11 is 0. The molecular formula is C50H65N3O9. The number of nitrogens with zero attached hydrogens (tertiary/aromatic N) is 2. The number of Topliss-reactive ketones (excluding diaryl/α,β-unsaturated/α-hetero) is 3. The van der Waals surface area contributed by atoms with Gasteiger partial charge in [-0.25, -0.2) is 5.48 Å². The highest BCUT2D eigenvalue weighted by Crippen LogP contribution is 2.27. The molecule has 62 heavy (non-hydrogen) atoms. The maximum Gasteiger partial charge on any atom is 0.243 e. The van der Waals surface area contributed by atoms with E-state index in [0.717, 1.165) is 86.0 Å². The lowest BCUT2D eigenvalue weighted by Gasteiger charge is -2.17. The number of ketones is 3. The molecular weight excluding hydrogens is 787 g/mol. The summed E-state index contributed by atoms with van der Waals surface area (Å²) in [6.45, 7) is 6.21. The van der Waals surface area contributed by atoms with Crippen LogP contribution in [0, 0.1) is 0 Å². The van der Waals surface area contributed by atoms with Gasteiger partial charge in [-0.15, -0.1) is 0 Å². The molecule has 4 heterocycles. The molecule has 2 aromatic heterocycles. The predicted octanol–water partition coefficient (Wildman–Crippen LogP) is 8.50. The summed E-state index contributed by atoms with van der Waals surface area (Å²) in [5.41, 5.74) is 5.72. The summed E-state index contributed by atoms with van der Waals surface area (Å²) in [6.07, 6.45) is 14.3. The van der Waals surface area contributed by atoms with Crippen LogP contribution in [0.3, 0.4) is 0 Å². The number of rotatable bonds is 16. The number of aromatic nitrogens is 2. The van der Waals surface area contributed by atoms with Gasteiger partial charge >= 0.3 is 0 Å². The number of carbonyl (C=O) groups is 4. The first-order chi connectivity index (χ1) is 30.2. The molecule has 2 aliphatic rings. The fraction of sp³-hybridized carbons (Fsp3) is 0.440. The normalized spacial score (nSPS) is 15.2. The molecule has 2 unspecified atom stereocenters. The van der Waals surface area contributed by atoms with E-state index in [2.05, 4.69) is 23.8 Å². The molecule has 0 bridgehead atoms. The third-order valence-electron chi connectivity index (χ3n) is 10.6. The Morgan fingerprint density at radius 2 is 1.08 bits per heavy atom. The summed E-state index contributed by atoms with van der Waals surface area (Å²) in [6, 6.07) is 25.9. The molecule has 5 aromatic rings. The van der Waals surface area contributed by atoms with Crippen LogP contribution in [0.1, 0.15) is 117 Å². The number of fused-ring (bicyclic) bond motifs is 2.